The maximum Gasteiger partial charge on any atom is 0.260 e. The number of carbonyl (C=O) groups is 1. The molecule has 4 heteroatoms. The normalized spacial score (nSPS) is 11.9. The van der Waals surface area contributed by atoms with E-state index in [0.717, 1.165) is 18.4 Å². The van der Waals surface area contributed by atoms with Gasteiger partial charge in [-0.05, 0) is 38.0 Å². The van der Waals surface area contributed by atoms with Gasteiger partial charge < -0.3 is 15.8 Å². The average molecular weight is 250 g/mol. The smallest absolute Gasteiger partial charge is 0.260 e. The van der Waals surface area contributed by atoms with Crippen LogP contribution in [0.5, 0.6) is 5.75 Å². The summed E-state index contributed by atoms with van der Waals surface area (Å²) in [4.78, 5) is 11.7. The molecule has 1 rings (SSSR count). The molecule has 1 amide bonds. The summed E-state index contributed by atoms with van der Waals surface area (Å²) in [6, 6.07) is 5.53. The molecule has 0 aliphatic rings. The number of nitrogen functional groups attached to an aromatic ring is 1. The van der Waals surface area contributed by atoms with Crippen molar-refractivity contribution >= 4 is 11.6 Å². The molecule has 1 atom stereocenters. The van der Waals surface area contributed by atoms with Crippen LogP contribution in [0.1, 0.15) is 32.3 Å². The van der Waals surface area contributed by atoms with Crippen LogP contribution in [0, 0.1) is 6.92 Å². The predicted molar refractivity (Wildman–Crippen MR) is 73.6 cm³/mol. The van der Waals surface area contributed by atoms with E-state index in [2.05, 4.69) is 12.2 Å². The van der Waals surface area contributed by atoms with Crippen molar-refractivity contribution in [2.24, 2.45) is 0 Å². The van der Waals surface area contributed by atoms with Crippen molar-refractivity contribution in [1.82, 2.24) is 5.32 Å². The van der Waals surface area contributed by atoms with Gasteiger partial charge in [0.25, 0.3) is 5.91 Å². The van der Waals surface area contributed by atoms with E-state index in [1.165, 1.54) is 0 Å². The number of hydrogen-bond donors (Lipinski definition) is 2. The van der Waals surface area contributed by atoms with E-state index in [9.17, 15) is 4.79 Å². The molecule has 0 heterocycles. The van der Waals surface area contributed by atoms with Gasteiger partial charge in [-0.15, -0.1) is 0 Å². The second kappa shape index (κ2) is 6.89. The number of nitrogens with one attached hydrogen (secondary N) is 1. The van der Waals surface area contributed by atoms with Gasteiger partial charge in [0.1, 0.15) is 5.75 Å². The minimum absolute atomic E-state index is 0.108. The molecule has 0 spiro atoms. The number of unbranched alkanes of at least 4 members (excludes halogenated alkanes) is 1. The zero-order valence-corrected chi connectivity index (χ0v) is 11.3. The molecule has 3 N–H and O–H groups in total. The molecule has 1 aromatic carbocycles. The summed E-state index contributed by atoms with van der Waals surface area (Å²) in [6.07, 6.45) is 1.50. The third kappa shape index (κ3) is 4.28. The van der Waals surface area contributed by atoms with Crippen molar-refractivity contribution in [1.29, 1.82) is 0 Å². The highest BCUT2D eigenvalue weighted by molar-refractivity contribution is 5.80. The lowest BCUT2D eigenvalue weighted by molar-refractivity contribution is -0.127. The van der Waals surface area contributed by atoms with Gasteiger partial charge in [0.2, 0.25) is 0 Å². The number of aryl methyl sites for hydroxylation is 1. The highest BCUT2D eigenvalue weighted by Crippen LogP contribution is 2.23. The van der Waals surface area contributed by atoms with Crippen LogP contribution in [0.25, 0.3) is 0 Å². The Balaban J connectivity index is 2.53. The lowest BCUT2D eigenvalue weighted by Gasteiger charge is -2.16. The van der Waals surface area contributed by atoms with Gasteiger partial charge in [0.15, 0.2) is 6.10 Å². The number of benzene rings is 1. The van der Waals surface area contributed by atoms with E-state index in [0.29, 0.717) is 18.0 Å². The molecule has 4 nitrogen and oxygen atoms in total. The lowest BCUT2D eigenvalue weighted by Crippen LogP contribution is -2.36. The van der Waals surface area contributed by atoms with Crippen LogP contribution < -0.4 is 15.8 Å². The van der Waals surface area contributed by atoms with Crippen molar-refractivity contribution in [2.75, 3.05) is 12.3 Å². The number of carbonyl (C=O) groups excluding carboxylic acids is 1. The molecule has 1 aromatic rings. The molecule has 1 unspecified atom stereocenters. The Kier molecular flexibility index (Phi) is 5.49. The molecule has 0 saturated carbocycles. The Morgan fingerprint density at radius 1 is 1.50 bits per heavy atom. The highest BCUT2D eigenvalue weighted by Gasteiger charge is 2.15. The van der Waals surface area contributed by atoms with Crippen molar-refractivity contribution in [3.05, 3.63) is 23.8 Å². The van der Waals surface area contributed by atoms with E-state index in [-0.39, 0.29) is 5.91 Å². The number of nitrogens with two attached hydrogens (primary N) is 1. The van der Waals surface area contributed by atoms with Crippen LogP contribution in [-0.2, 0) is 4.79 Å². The van der Waals surface area contributed by atoms with Crippen molar-refractivity contribution in [3.8, 4) is 5.75 Å². The highest BCUT2D eigenvalue weighted by atomic mass is 16.5. The molecule has 0 bridgehead atoms. The maximum absolute atomic E-state index is 11.7. The minimum Gasteiger partial charge on any atom is -0.479 e. The monoisotopic (exact) mass is 250 g/mol. The van der Waals surface area contributed by atoms with Crippen LogP contribution >= 0.6 is 0 Å². The number of ether oxygens (including phenoxy) is 1. The third-order valence-corrected chi connectivity index (χ3v) is 2.67. The van der Waals surface area contributed by atoms with Crippen LogP contribution in [-0.4, -0.2) is 18.6 Å². The molecule has 0 aromatic heterocycles. The van der Waals surface area contributed by atoms with Gasteiger partial charge in [0, 0.05) is 6.54 Å². The first-order valence-electron chi connectivity index (χ1n) is 6.35. The quantitative estimate of drug-likeness (QED) is 0.601. The number of rotatable bonds is 6. The van der Waals surface area contributed by atoms with Crippen molar-refractivity contribution < 1.29 is 9.53 Å². The van der Waals surface area contributed by atoms with Gasteiger partial charge >= 0.3 is 0 Å². The number of amides is 1. The fraction of sp³-hybridized carbons (Fsp3) is 0.500. The van der Waals surface area contributed by atoms with Crippen LogP contribution in [0.2, 0.25) is 0 Å². The molecule has 18 heavy (non-hydrogen) atoms. The minimum atomic E-state index is -0.535. The zero-order chi connectivity index (χ0) is 13.5. The summed E-state index contributed by atoms with van der Waals surface area (Å²) in [5.74, 6) is 0.446. The Morgan fingerprint density at radius 3 is 2.83 bits per heavy atom. The molecule has 0 aliphatic carbocycles. The topological polar surface area (TPSA) is 64.3 Å². The molecule has 100 valence electrons. The molecule has 0 fully saturated rings. The van der Waals surface area contributed by atoms with E-state index in [1.54, 1.807) is 13.0 Å². The first-order valence-corrected chi connectivity index (χ1v) is 6.35. The van der Waals surface area contributed by atoms with Crippen LogP contribution in [0.3, 0.4) is 0 Å². The molecular formula is C14H22N2O2. The maximum atomic E-state index is 11.7. The standard InChI is InChI=1S/C14H22N2O2/c1-4-5-8-16-14(17)11(3)18-13-7-6-10(2)9-12(13)15/h6-7,9,11H,4-5,8,15H2,1-3H3,(H,16,17). The first kappa shape index (κ1) is 14.4. The van der Waals surface area contributed by atoms with Gasteiger partial charge in [-0.2, -0.15) is 0 Å². The van der Waals surface area contributed by atoms with E-state index >= 15 is 0 Å². The summed E-state index contributed by atoms with van der Waals surface area (Å²) in [6.45, 7) is 6.45. The summed E-state index contributed by atoms with van der Waals surface area (Å²) in [5, 5.41) is 2.83. The fourth-order valence-corrected chi connectivity index (χ4v) is 1.55. The number of anilines is 1. The average Bonchev–Trinajstić information content (AvgIpc) is 2.32. The number of hydrogen-bond acceptors (Lipinski definition) is 3. The Morgan fingerprint density at radius 2 is 2.22 bits per heavy atom. The zero-order valence-electron chi connectivity index (χ0n) is 11.3. The summed E-state index contributed by atoms with van der Waals surface area (Å²) >= 11 is 0. The van der Waals surface area contributed by atoms with E-state index < -0.39 is 6.10 Å². The van der Waals surface area contributed by atoms with E-state index in [1.807, 2.05) is 19.1 Å². The Hall–Kier alpha value is -1.71. The second-order valence-electron chi connectivity index (χ2n) is 4.45. The van der Waals surface area contributed by atoms with Crippen molar-refractivity contribution in [2.45, 2.75) is 39.7 Å². The lowest BCUT2D eigenvalue weighted by atomic mass is 10.2. The van der Waals surface area contributed by atoms with Gasteiger partial charge in [-0.1, -0.05) is 19.4 Å². The fourth-order valence-electron chi connectivity index (χ4n) is 1.55. The van der Waals surface area contributed by atoms with Crippen LogP contribution in [0.4, 0.5) is 5.69 Å². The SMILES string of the molecule is CCCCNC(=O)C(C)Oc1ccc(C)cc1N. The summed E-state index contributed by atoms with van der Waals surface area (Å²) < 4.78 is 5.56. The first-order chi connectivity index (χ1) is 8.54. The van der Waals surface area contributed by atoms with Crippen molar-refractivity contribution in [3.63, 3.8) is 0 Å². The molecule has 0 radical (unpaired) electrons. The summed E-state index contributed by atoms with van der Waals surface area (Å²) in [7, 11) is 0. The molecule has 0 saturated heterocycles. The van der Waals surface area contributed by atoms with Gasteiger partial charge in [-0.3, -0.25) is 4.79 Å². The predicted octanol–water partition coefficient (Wildman–Crippen LogP) is 2.26. The van der Waals surface area contributed by atoms with Crippen LogP contribution in [0.15, 0.2) is 18.2 Å². The van der Waals surface area contributed by atoms with Gasteiger partial charge in [-0.25, -0.2) is 0 Å². The Bertz CT molecular complexity index is 405. The molecule has 0 aliphatic heterocycles. The second-order valence-corrected chi connectivity index (χ2v) is 4.45. The molecular weight excluding hydrogens is 228 g/mol. The van der Waals surface area contributed by atoms with E-state index in [4.69, 9.17) is 10.5 Å². The van der Waals surface area contributed by atoms with Gasteiger partial charge in [0.05, 0.1) is 5.69 Å². The Labute approximate surface area is 109 Å². The largest absolute Gasteiger partial charge is 0.479 e. The third-order valence-electron chi connectivity index (χ3n) is 2.67. The summed E-state index contributed by atoms with van der Waals surface area (Å²) in [5.41, 5.74) is 7.46.